The van der Waals surface area contributed by atoms with Crippen molar-refractivity contribution in [1.29, 1.82) is 0 Å². The van der Waals surface area contributed by atoms with Crippen molar-refractivity contribution in [2.24, 2.45) is 0 Å². The van der Waals surface area contributed by atoms with Crippen molar-refractivity contribution in [3.05, 3.63) is 96.1 Å². The quantitative estimate of drug-likeness (QED) is 0.359. The van der Waals surface area contributed by atoms with E-state index in [0.29, 0.717) is 25.2 Å². The highest BCUT2D eigenvalue weighted by Crippen LogP contribution is 2.24. The largest absolute Gasteiger partial charge is 0.370 e. The first-order chi connectivity index (χ1) is 17.7. The number of hydrogen-bond donors (Lipinski definition) is 1. The van der Waals surface area contributed by atoms with Gasteiger partial charge in [0, 0.05) is 55.9 Å². The predicted octanol–water partition coefficient (Wildman–Crippen LogP) is 4.07. The number of benzene rings is 1. The lowest BCUT2D eigenvalue weighted by Gasteiger charge is -2.17. The number of nitrogens with zero attached hydrogens (tertiary/aromatic N) is 7. The summed E-state index contributed by atoms with van der Waals surface area (Å²) in [5.74, 6) is -0.188. The van der Waals surface area contributed by atoms with Crippen molar-refractivity contribution >= 4 is 11.3 Å². The highest BCUT2D eigenvalue weighted by Gasteiger charge is 2.14. The molecule has 1 N–H and O–H groups in total. The predicted molar refractivity (Wildman–Crippen MR) is 136 cm³/mol. The van der Waals surface area contributed by atoms with E-state index in [1.165, 1.54) is 18.9 Å². The second kappa shape index (κ2) is 9.87. The van der Waals surface area contributed by atoms with E-state index in [-0.39, 0.29) is 5.82 Å². The van der Waals surface area contributed by atoms with Gasteiger partial charge in [0.05, 0.1) is 30.3 Å². The van der Waals surface area contributed by atoms with Gasteiger partial charge in [0.15, 0.2) is 0 Å². The fourth-order valence-corrected chi connectivity index (χ4v) is 4.64. The SMILES string of the molecule is Fc1ccccc1CNCc1ccc2nc(Cn3cc(-c4cncc(N5CCCC5)c4)nn3)cn2c1. The third-order valence-corrected chi connectivity index (χ3v) is 6.52. The van der Waals surface area contributed by atoms with Crippen LogP contribution < -0.4 is 10.2 Å². The molecule has 0 aliphatic carbocycles. The minimum absolute atomic E-state index is 0.188. The number of nitrogens with one attached hydrogen (secondary N) is 1. The van der Waals surface area contributed by atoms with Crippen LogP contribution in [0.25, 0.3) is 16.9 Å². The molecule has 5 aromatic rings. The summed E-state index contributed by atoms with van der Waals surface area (Å²) in [5, 5.41) is 12.0. The molecule has 9 heteroatoms. The van der Waals surface area contributed by atoms with E-state index in [9.17, 15) is 4.39 Å². The number of fused-ring (bicyclic) bond motifs is 1. The van der Waals surface area contributed by atoms with Gasteiger partial charge in [-0.25, -0.2) is 14.1 Å². The lowest BCUT2D eigenvalue weighted by molar-refractivity contribution is 0.587. The summed E-state index contributed by atoms with van der Waals surface area (Å²) in [6, 6.07) is 13.0. The Hall–Kier alpha value is -4.11. The van der Waals surface area contributed by atoms with Gasteiger partial charge in [0.1, 0.15) is 17.2 Å². The number of halogens is 1. The van der Waals surface area contributed by atoms with Crippen LogP contribution in [0.4, 0.5) is 10.1 Å². The molecule has 1 aliphatic rings. The Morgan fingerprint density at radius 1 is 0.944 bits per heavy atom. The van der Waals surface area contributed by atoms with Gasteiger partial charge in [0.25, 0.3) is 0 Å². The van der Waals surface area contributed by atoms with Crippen LogP contribution in [0.1, 0.15) is 29.7 Å². The van der Waals surface area contributed by atoms with Gasteiger partial charge in [-0.2, -0.15) is 0 Å². The van der Waals surface area contributed by atoms with E-state index < -0.39 is 0 Å². The zero-order valence-corrected chi connectivity index (χ0v) is 19.9. The normalized spacial score (nSPS) is 13.6. The maximum absolute atomic E-state index is 13.8. The maximum Gasteiger partial charge on any atom is 0.137 e. The van der Waals surface area contributed by atoms with Crippen molar-refractivity contribution in [1.82, 2.24) is 34.7 Å². The van der Waals surface area contributed by atoms with Crippen LogP contribution in [0.15, 0.2) is 73.4 Å². The minimum atomic E-state index is -0.188. The minimum Gasteiger partial charge on any atom is -0.370 e. The van der Waals surface area contributed by atoms with Crippen LogP contribution in [-0.4, -0.2) is 42.5 Å². The molecule has 1 fully saturated rings. The fourth-order valence-electron chi connectivity index (χ4n) is 4.64. The van der Waals surface area contributed by atoms with Crippen LogP contribution >= 0.6 is 0 Å². The molecule has 0 atom stereocenters. The van der Waals surface area contributed by atoms with Gasteiger partial charge in [-0.15, -0.1) is 5.10 Å². The molecule has 0 unspecified atom stereocenters. The van der Waals surface area contributed by atoms with Gasteiger partial charge in [0.2, 0.25) is 0 Å². The standard InChI is InChI=1S/C27H27FN8/c28-25-6-2-1-5-21(25)13-29-12-20-7-8-27-31-23(17-35(27)16-20)18-36-19-26(32-33-36)22-11-24(15-30-14-22)34-9-3-4-10-34/h1-2,5-8,11,14-17,19,29H,3-4,9-10,12-13,18H2. The summed E-state index contributed by atoms with van der Waals surface area (Å²) in [7, 11) is 0. The van der Waals surface area contributed by atoms with Crippen molar-refractivity contribution in [2.45, 2.75) is 32.5 Å². The smallest absolute Gasteiger partial charge is 0.137 e. The molecule has 5 heterocycles. The molecule has 0 saturated carbocycles. The summed E-state index contributed by atoms with van der Waals surface area (Å²) in [5.41, 5.74) is 6.42. The maximum atomic E-state index is 13.8. The second-order valence-corrected chi connectivity index (χ2v) is 9.16. The number of hydrogen-bond acceptors (Lipinski definition) is 6. The van der Waals surface area contributed by atoms with E-state index in [1.807, 2.05) is 53.6 Å². The highest BCUT2D eigenvalue weighted by molar-refractivity contribution is 5.63. The van der Waals surface area contributed by atoms with Crippen LogP contribution in [0, 0.1) is 5.82 Å². The third kappa shape index (κ3) is 4.83. The molecule has 0 spiro atoms. The van der Waals surface area contributed by atoms with E-state index in [1.54, 1.807) is 16.8 Å². The Kier molecular flexibility index (Phi) is 6.13. The Labute approximate surface area is 208 Å². The van der Waals surface area contributed by atoms with Gasteiger partial charge >= 0.3 is 0 Å². The summed E-state index contributed by atoms with van der Waals surface area (Å²) in [6.45, 7) is 3.79. The Morgan fingerprint density at radius 2 is 1.83 bits per heavy atom. The molecule has 0 radical (unpaired) electrons. The molecule has 0 amide bonds. The topological polar surface area (TPSA) is 76.2 Å². The molecule has 4 aromatic heterocycles. The first-order valence-electron chi connectivity index (χ1n) is 12.2. The molecule has 0 bridgehead atoms. The average molecular weight is 483 g/mol. The molecule has 36 heavy (non-hydrogen) atoms. The van der Waals surface area contributed by atoms with Gasteiger partial charge in [-0.05, 0) is 36.6 Å². The van der Waals surface area contributed by atoms with Gasteiger partial charge in [-0.3, -0.25) is 4.98 Å². The molecular formula is C27H27FN8. The summed E-state index contributed by atoms with van der Waals surface area (Å²) >= 11 is 0. The lowest BCUT2D eigenvalue weighted by Crippen LogP contribution is -2.17. The van der Waals surface area contributed by atoms with E-state index >= 15 is 0 Å². The molecule has 182 valence electrons. The molecule has 6 rings (SSSR count). The van der Waals surface area contributed by atoms with Crippen molar-refractivity contribution < 1.29 is 4.39 Å². The lowest BCUT2D eigenvalue weighted by atomic mass is 10.2. The second-order valence-electron chi connectivity index (χ2n) is 9.16. The summed E-state index contributed by atoms with van der Waals surface area (Å²) in [4.78, 5) is 11.5. The van der Waals surface area contributed by atoms with Crippen molar-refractivity contribution in [3.8, 4) is 11.3 Å². The van der Waals surface area contributed by atoms with Gasteiger partial charge in [-0.1, -0.05) is 29.5 Å². The number of rotatable bonds is 8. The molecular weight excluding hydrogens is 455 g/mol. The van der Waals surface area contributed by atoms with Crippen LogP contribution in [0.3, 0.4) is 0 Å². The van der Waals surface area contributed by atoms with Crippen LogP contribution in [0.5, 0.6) is 0 Å². The fraction of sp³-hybridized carbons (Fsp3) is 0.259. The van der Waals surface area contributed by atoms with E-state index in [0.717, 1.165) is 46.9 Å². The molecule has 1 saturated heterocycles. The Morgan fingerprint density at radius 3 is 2.72 bits per heavy atom. The number of anilines is 1. The number of pyridine rings is 2. The summed E-state index contributed by atoms with van der Waals surface area (Å²) in [6.07, 6.45) is 12.2. The van der Waals surface area contributed by atoms with Crippen molar-refractivity contribution in [3.63, 3.8) is 0 Å². The number of aromatic nitrogens is 6. The summed E-state index contributed by atoms with van der Waals surface area (Å²) < 4.78 is 17.6. The molecule has 8 nitrogen and oxygen atoms in total. The highest BCUT2D eigenvalue weighted by atomic mass is 19.1. The average Bonchev–Trinajstić information content (AvgIpc) is 3.66. The Bertz CT molecular complexity index is 1480. The van der Waals surface area contributed by atoms with Crippen LogP contribution in [0.2, 0.25) is 0 Å². The van der Waals surface area contributed by atoms with Crippen LogP contribution in [-0.2, 0) is 19.6 Å². The Balaban J connectivity index is 1.12. The first kappa shape index (κ1) is 22.4. The monoisotopic (exact) mass is 482 g/mol. The van der Waals surface area contributed by atoms with Crippen molar-refractivity contribution in [2.75, 3.05) is 18.0 Å². The number of imidazole rings is 1. The van der Waals surface area contributed by atoms with Gasteiger partial charge < -0.3 is 14.6 Å². The molecule has 1 aliphatic heterocycles. The van der Waals surface area contributed by atoms with E-state index in [4.69, 9.17) is 4.98 Å². The molecule has 1 aromatic carbocycles. The zero-order valence-electron chi connectivity index (χ0n) is 19.9. The first-order valence-corrected chi connectivity index (χ1v) is 12.2. The zero-order chi connectivity index (χ0) is 24.3. The van der Waals surface area contributed by atoms with E-state index in [2.05, 4.69) is 31.6 Å². The third-order valence-electron chi connectivity index (χ3n) is 6.52.